The number of rotatable bonds is 5. The molecule has 1 aliphatic rings. The second-order valence-corrected chi connectivity index (χ2v) is 8.64. The van der Waals surface area contributed by atoms with Crippen LogP contribution < -0.4 is 4.90 Å². The molecule has 11 nitrogen and oxygen atoms in total. The van der Waals surface area contributed by atoms with Crippen molar-refractivity contribution in [2.75, 3.05) is 32.1 Å². The van der Waals surface area contributed by atoms with Gasteiger partial charge in [0.2, 0.25) is 0 Å². The molecule has 0 saturated carbocycles. The number of piperidine rings is 1. The van der Waals surface area contributed by atoms with Gasteiger partial charge in [-0.05, 0) is 51.9 Å². The smallest absolute Gasteiger partial charge is 0.475 e. The van der Waals surface area contributed by atoms with Gasteiger partial charge in [0.15, 0.2) is 0 Å². The molecular formula is C22H27F6N7O4. The van der Waals surface area contributed by atoms with Gasteiger partial charge < -0.3 is 20.0 Å². The van der Waals surface area contributed by atoms with Crippen LogP contribution in [0.3, 0.4) is 0 Å². The summed E-state index contributed by atoms with van der Waals surface area (Å²) in [5.41, 5.74) is 2.62. The number of anilines is 1. The molecule has 2 aromatic heterocycles. The summed E-state index contributed by atoms with van der Waals surface area (Å²) in [6.45, 7) is 5.53. The van der Waals surface area contributed by atoms with Gasteiger partial charge in [0.05, 0.1) is 11.3 Å². The van der Waals surface area contributed by atoms with Crippen LogP contribution in [0, 0.1) is 24.2 Å². The van der Waals surface area contributed by atoms with Crippen LogP contribution >= 0.6 is 0 Å². The van der Waals surface area contributed by atoms with Gasteiger partial charge in [-0.25, -0.2) is 14.6 Å². The molecule has 0 spiro atoms. The van der Waals surface area contributed by atoms with Gasteiger partial charge in [-0.1, -0.05) is 5.21 Å². The number of carboxylic acids is 2. The molecule has 39 heavy (non-hydrogen) atoms. The fourth-order valence-corrected chi connectivity index (χ4v) is 3.29. The molecule has 0 atom stereocenters. The van der Waals surface area contributed by atoms with Gasteiger partial charge in [-0.2, -0.15) is 31.6 Å². The Kier molecular flexibility index (Phi) is 12.1. The Morgan fingerprint density at radius 3 is 2.03 bits per heavy atom. The fraction of sp³-hybridized carbons (Fsp3) is 0.545. The molecule has 0 aliphatic carbocycles. The van der Waals surface area contributed by atoms with E-state index in [-0.39, 0.29) is 0 Å². The predicted octanol–water partition coefficient (Wildman–Crippen LogP) is 3.10. The van der Waals surface area contributed by atoms with Crippen LogP contribution in [0.5, 0.6) is 0 Å². The van der Waals surface area contributed by atoms with Crippen molar-refractivity contribution in [3.05, 3.63) is 35.3 Å². The van der Waals surface area contributed by atoms with E-state index in [9.17, 15) is 31.6 Å². The first kappa shape index (κ1) is 33.1. The molecule has 216 valence electrons. The summed E-state index contributed by atoms with van der Waals surface area (Å²) in [6, 6.07) is 6.02. The molecule has 0 radical (unpaired) electrons. The van der Waals surface area contributed by atoms with Crippen LogP contribution in [0.2, 0.25) is 0 Å². The molecule has 0 amide bonds. The number of aliphatic carboxylic acids is 2. The molecule has 0 unspecified atom stereocenters. The number of halogens is 6. The fourth-order valence-electron chi connectivity index (χ4n) is 3.29. The van der Waals surface area contributed by atoms with E-state index in [0.717, 1.165) is 56.2 Å². The number of alkyl halides is 6. The lowest BCUT2D eigenvalue weighted by Crippen LogP contribution is -2.36. The van der Waals surface area contributed by atoms with Crippen molar-refractivity contribution in [2.45, 2.75) is 45.2 Å². The number of pyridine rings is 1. The van der Waals surface area contributed by atoms with Gasteiger partial charge >= 0.3 is 24.3 Å². The number of carbonyl (C=O) groups is 2. The molecule has 1 fully saturated rings. The Morgan fingerprint density at radius 2 is 1.59 bits per heavy atom. The summed E-state index contributed by atoms with van der Waals surface area (Å²) >= 11 is 0. The van der Waals surface area contributed by atoms with E-state index in [4.69, 9.17) is 19.8 Å². The van der Waals surface area contributed by atoms with Crippen LogP contribution in [0.1, 0.15) is 29.8 Å². The van der Waals surface area contributed by atoms with Crippen LogP contribution in [0.25, 0.3) is 0 Å². The number of hydrogen-bond acceptors (Lipinski definition) is 8. The Labute approximate surface area is 219 Å². The molecule has 3 heterocycles. The predicted molar refractivity (Wildman–Crippen MR) is 123 cm³/mol. The lowest BCUT2D eigenvalue weighted by atomic mass is 9.96. The van der Waals surface area contributed by atoms with Gasteiger partial charge in [0.1, 0.15) is 11.9 Å². The minimum atomic E-state index is -5.08. The highest BCUT2D eigenvalue weighted by molar-refractivity contribution is 5.73. The zero-order valence-electron chi connectivity index (χ0n) is 21.2. The molecule has 0 bridgehead atoms. The number of aromatic nitrogens is 4. The van der Waals surface area contributed by atoms with Crippen LogP contribution in [0.4, 0.5) is 32.2 Å². The first-order chi connectivity index (χ1) is 17.9. The molecule has 17 heteroatoms. The summed E-state index contributed by atoms with van der Waals surface area (Å²) in [4.78, 5) is 26.7. The van der Waals surface area contributed by atoms with Crippen LogP contribution in [-0.4, -0.2) is 86.6 Å². The SMILES string of the molecule is Cc1ccc(C#N)c(N2CCC(Cn3cc(CN(C)C)nn3)CC2)n1.O=C(O)C(F)(F)F.O=C(O)C(F)(F)F. The van der Waals surface area contributed by atoms with Gasteiger partial charge in [0, 0.05) is 38.1 Å². The highest BCUT2D eigenvalue weighted by Crippen LogP contribution is 2.25. The highest BCUT2D eigenvalue weighted by atomic mass is 19.4. The van der Waals surface area contributed by atoms with E-state index >= 15 is 0 Å². The van der Waals surface area contributed by atoms with Gasteiger partial charge in [-0.3, -0.25) is 4.68 Å². The highest BCUT2D eigenvalue weighted by Gasteiger charge is 2.38. The van der Waals surface area contributed by atoms with E-state index < -0.39 is 24.3 Å². The summed E-state index contributed by atoms with van der Waals surface area (Å²) in [7, 11) is 4.06. The Hall–Kier alpha value is -3.94. The van der Waals surface area contributed by atoms with E-state index in [1.165, 1.54) is 0 Å². The zero-order valence-corrected chi connectivity index (χ0v) is 21.2. The summed E-state index contributed by atoms with van der Waals surface area (Å²) in [6.07, 6.45) is -5.98. The average molecular weight is 567 g/mol. The normalized spacial score (nSPS) is 14.0. The second-order valence-electron chi connectivity index (χ2n) is 8.64. The molecular weight excluding hydrogens is 540 g/mol. The van der Waals surface area contributed by atoms with E-state index in [1.807, 2.05) is 44.0 Å². The van der Waals surface area contributed by atoms with E-state index in [2.05, 4.69) is 31.2 Å². The topological polar surface area (TPSA) is 148 Å². The number of nitriles is 1. The van der Waals surface area contributed by atoms with Crippen molar-refractivity contribution in [2.24, 2.45) is 5.92 Å². The van der Waals surface area contributed by atoms with Crippen molar-refractivity contribution >= 4 is 17.8 Å². The molecule has 3 rings (SSSR count). The number of carboxylic acid groups (broad SMARTS) is 2. The third-order valence-electron chi connectivity index (χ3n) is 5.04. The first-order valence-electron chi connectivity index (χ1n) is 11.2. The number of hydrogen-bond donors (Lipinski definition) is 2. The van der Waals surface area contributed by atoms with Crippen molar-refractivity contribution in [3.8, 4) is 6.07 Å². The maximum atomic E-state index is 10.6. The van der Waals surface area contributed by atoms with Crippen LogP contribution in [-0.2, 0) is 22.7 Å². The Balaban J connectivity index is 0.000000449. The standard InChI is InChI=1S/C18H25N7.2C2HF3O2/c1-14-4-5-16(10-19)18(20-14)24-8-6-15(7-9-24)11-25-13-17(21-22-25)12-23(2)3;2*3-2(4,5)1(6)7/h4-5,13,15H,6-9,11-12H2,1-3H3;2*(H,6,7). The number of aryl methyl sites for hydroxylation is 1. The minimum absolute atomic E-state index is 0.584. The third-order valence-corrected chi connectivity index (χ3v) is 5.04. The Morgan fingerprint density at radius 1 is 1.08 bits per heavy atom. The average Bonchev–Trinajstić information content (AvgIpc) is 3.25. The van der Waals surface area contributed by atoms with Gasteiger partial charge in [0.25, 0.3) is 0 Å². The van der Waals surface area contributed by atoms with Gasteiger partial charge in [-0.15, -0.1) is 5.10 Å². The van der Waals surface area contributed by atoms with E-state index in [0.29, 0.717) is 11.5 Å². The summed E-state index contributed by atoms with van der Waals surface area (Å²) < 4.78 is 65.4. The maximum Gasteiger partial charge on any atom is 0.490 e. The molecule has 2 aromatic rings. The molecule has 1 aliphatic heterocycles. The minimum Gasteiger partial charge on any atom is -0.475 e. The summed E-state index contributed by atoms with van der Waals surface area (Å²) in [5.74, 6) is -4.10. The molecule has 2 N–H and O–H groups in total. The van der Waals surface area contributed by atoms with E-state index in [1.54, 1.807) is 0 Å². The zero-order chi connectivity index (χ0) is 30.0. The molecule has 0 aromatic carbocycles. The lowest BCUT2D eigenvalue weighted by Gasteiger charge is -2.33. The maximum absolute atomic E-state index is 10.6. The lowest BCUT2D eigenvalue weighted by molar-refractivity contribution is -0.193. The van der Waals surface area contributed by atoms with Crippen LogP contribution in [0.15, 0.2) is 18.3 Å². The van der Waals surface area contributed by atoms with Crippen molar-refractivity contribution in [1.29, 1.82) is 5.26 Å². The van der Waals surface area contributed by atoms with Crippen molar-refractivity contribution in [3.63, 3.8) is 0 Å². The Bertz CT molecular complexity index is 1110. The molecule has 1 saturated heterocycles. The van der Waals surface area contributed by atoms with Crippen molar-refractivity contribution in [1.82, 2.24) is 24.9 Å². The summed E-state index contributed by atoms with van der Waals surface area (Å²) in [5, 5.41) is 32.0. The third kappa shape index (κ3) is 12.0. The first-order valence-corrected chi connectivity index (χ1v) is 11.2. The second kappa shape index (κ2) is 14.3. The largest absolute Gasteiger partial charge is 0.490 e. The van der Waals surface area contributed by atoms with Crippen molar-refractivity contribution < 1.29 is 46.1 Å². The quantitative estimate of drug-likeness (QED) is 0.517. The number of nitrogens with zero attached hydrogens (tertiary/aromatic N) is 7. The monoisotopic (exact) mass is 567 g/mol.